The van der Waals surface area contributed by atoms with Crippen molar-refractivity contribution in [3.8, 4) is 11.5 Å². The normalized spacial score (nSPS) is 10.9. The van der Waals surface area contributed by atoms with Gasteiger partial charge in [-0.1, -0.05) is 23.9 Å². The standard InChI is InChI=1S/C18H18N6O2S/c1-24(2)15-5-3-13(4-6-15)11-20-21-16(25)12-27-18-23-22-17(26-18)14-7-9-19-10-8-14/h3-11H,12H2,1-2H3,(H,21,25)/b20-11+. The largest absolute Gasteiger partial charge is 0.411 e. The molecule has 0 aliphatic rings. The van der Waals surface area contributed by atoms with Gasteiger partial charge in [-0.05, 0) is 29.8 Å². The number of hydrogen-bond donors (Lipinski definition) is 1. The molecule has 0 aliphatic carbocycles. The number of aromatic nitrogens is 3. The molecule has 0 saturated carbocycles. The van der Waals surface area contributed by atoms with E-state index in [4.69, 9.17) is 4.42 Å². The van der Waals surface area contributed by atoms with E-state index in [1.165, 1.54) is 0 Å². The highest BCUT2D eigenvalue weighted by molar-refractivity contribution is 7.99. The van der Waals surface area contributed by atoms with Crippen LogP contribution in [0.5, 0.6) is 0 Å². The van der Waals surface area contributed by atoms with E-state index >= 15 is 0 Å². The molecule has 0 aliphatic heterocycles. The van der Waals surface area contributed by atoms with Crippen LogP contribution in [-0.2, 0) is 4.79 Å². The first-order valence-corrected chi connectivity index (χ1v) is 9.06. The third-order valence-corrected chi connectivity index (χ3v) is 4.29. The van der Waals surface area contributed by atoms with Crippen molar-refractivity contribution in [2.45, 2.75) is 5.22 Å². The Bertz CT molecular complexity index is 909. The van der Waals surface area contributed by atoms with Crippen LogP contribution >= 0.6 is 11.8 Å². The van der Waals surface area contributed by atoms with E-state index in [1.807, 2.05) is 43.3 Å². The predicted octanol–water partition coefficient (Wildman–Crippen LogP) is 2.44. The maximum atomic E-state index is 11.9. The molecule has 0 saturated heterocycles. The average Bonchev–Trinajstić information content (AvgIpc) is 3.16. The summed E-state index contributed by atoms with van der Waals surface area (Å²) in [6.07, 6.45) is 4.88. The van der Waals surface area contributed by atoms with Crippen molar-refractivity contribution in [2.24, 2.45) is 5.10 Å². The molecule has 0 bridgehead atoms. The second-order valence-corrected chi connectivity index (χ2v) is 6.60. The summed E-state index contributed by atoms with van der Waals surface area (Å²) in [6.45, 7) is 0. The summed E-state index contributed by atoms with van der Waals surface area (Å²) < 4.78 is 5.51. The molecule has 0 radical (unpaired) electrons. The Kier molecular flexibility index (Phi) is 6.16. The first kappa shape index (κ1) is 18.6. The molecule has 3 rings (SSSR count). The number of hydrazone groups is 1. The monoisotopic (exact) mass is 382 g/mol. The van der Waals surface area contributed by atoms with Gasteiger partial charge in [-0.3, -0.25) is 9.78 Å². The predicted molar refractivity (Wildman–Crippen MR) is 105 cm³/mol. The molecule has 0 unspecified atom stereocenters. The molecule has 138 valence electrons. The molecule has 0 spiro atoms. The van der Waals surface area contributed by atoms with Crippen molar-refractivity contribution in [3.63, 3.8) is 0 Å². The second kappa shape index (κ2) is 8.95. The summed E-state index contributed by atoms with van der Waals surface area (Å²) >= 11 is 1.15. The van der Waals surface area contributed by atoms with Gasteiger partial charge in [0.1, 0.15) is 0 Å². The van der Waals surface area contributed by atoms with Crippen LogP contribution in [0.2, 0.25) is 0 Å². The summed E-state index contributed by atoms with van der Waals surface area (Å²) in [5, 5.41) is 12.1. The fraction of sp³-hybridized carbons (Fsp3) is 0.167. The number of anilines is 1. The lowest BCUT2D eigenvalue weighted by molar-refractivity contribution is -0.118. The number of rotatable bonds is 7. The number of amides is 1. The molecule has 9 heteroatoms. The molecule has 1 N–H and O–H groups in total. The molecular weight excluding hydrogens is 364 g/mol. The Morgan fingerprint density at radius 1 is 1.19 bits per heavy atom. The van der Waals surface area contributed by atoms with E-state index in [0.717, 1.165) is 28.6 Å². The lowest BCUT2D eigenvalue weighted by Crippen LogP contribution is -2.19. The summed E-state index contributed by atoms with van der Waals surface area (Å²) in [5.41, 5.74) is 5.25. The molecule has 2 aromatic heterocycles. The zero-order chi connectivity index (χ0) is 19.1. The Hall–Kier alpha value is -3.20. The Balaban J connectivity index is 1.46. The quantitative estimate of drug-likeness (QED) is 0.381. The van der Waals surface area contributed by atoms with Crippen molar-refractivity contribution >= 4 is 29.6 Å². The molecular formula is C18H18N6O2S. The summed E-state index contributed by atoms with van der Waals surface area (Å²) in [4.78, 5) is 17.8. The number of thioether (sulfide) groups is 1. The van der Waals surface area contributed by atoms with Crippen LogP contribution in [0.25, 0.3) is 11.5 Å². The van der Waals surface area contributed by atoms with Crippen molar-refractivity contribution in [1.29, 1.82) is 0 Å². The number of nitrogens with zero attached hydrogens (tertiary/aromatic N) is 5. The van der Waals surface area contributed by atoms with Crippen LogP contribution < -0.4 is 10.3 Å². The minimum atomic E-state index is -0.259. The Morgan fingerprint density at radius 2 is 1.93 bits per heavy atom. The molecule has 1 aromatic carbocycles. The zero-order valence-corrected chi connectivity index (χ0v) is 15.7. The van der Waals surface area contributed by atoms with Crippen LogP contribution in [0.3, 0.4) is 0 Å². The van der Waals surface area contributed by atoms with Crippen molar-refractivity contribution < 1.29 is 9.21 Å². The van der Waals surface area contributed by atoms with E-state index in [1.54, 1.807) is 30.7 Å². The van der Waals surface area contributed by atoms with Crippen molar-refractivity contribution in [2.75, 3.05) is 24.7 Å². The highest BCUT2D eigenvalue weighted by Crippen LogP contribution is 2.22. The first-order chi connectivity index (χ1) is 13.1. The van der Waals surface area contributed by atoms with E-state index in [2.05, 4.69) is 25.7 Å². The van der Waals surface area contributed by atoms with E-state index in [9.17, 15) is 4.79 Å². The number of benzene rings is 1. The van der Waals surface area contributed by atoms with Gasteiger partial charge in [0.05, 0.1) is 12.0 Å². The second-order valence-electron chi connectivity index (χ2n) is 5.68. The maximum absolute atomic E-state index is 11.9. The number of nitrogens with one attached hydrogen (secondary N) is 1. The van der Waals surface area contributed by atoms with Gasteiger partial charge in [-0.15, -0.1) is 10.2 Å². The lowest BCUT2D eigenvalue weighted by Gasteiger charge is -2.11. The van der Waals surface area contributed by atoms with Gasteiger partial charge in [0, 0.05) is 37.7 Å². The first-order valence-electron chi connectivity index (χ1n) is 8.08. The summed E-state index contributed by atoms with van der Waals surface area (Å²) in [6, 6.07) is 11.4. The molecule has 0 fully saturated rings. The highest BCUT2D eigenvalue weighted by atomic mass is 32.2. The van der Waals surface area contributed by atoms with Gasteiger partial charge >= 0.3 is 0 Å². The van der Waals surface area contributed by atoms with Crippen molar-refractivity contribution in [1.82, 2.24) is 20.6 Å². The van der Waals surface area contributed by atoms with Gasteiger partial charge in [-0.25, -0.2) is 5.43 Å². The molecule has 0 atom stereocenters. The van der Waals surface area contributed by atoms with Gasteiger partial charge in [-0.2, -0.15) is 5.10 Å². The van der Waals surface area contributed by atoms with Gasteiger partial charge in [0.2, 0.25) is 5.89 Å². The number of hydrogen-bond acceptors (Lipinski definition) is 8. The van der Waals surface area contributed by atoms with Gasteiger partial charge in [0.15, 0.2) is 0 Å². The third-order valence-electron chi connectivity index (χ3n) is 3.47. The SMILES string of the molecule is CN(C)c1ccc(/C=N/NC(=O)CSc2nnc(-c3ccncc3)o2)cc1. The number of carbonyl (C=O) groups excluding carboxylic acids is 1. The van der Waals surface area contributed by atoms with Gasteiger partial charge in [0.25, 0.3) is 11.1 Å². The fourth-order valence-electron chi connectivity index (χ4n) is 2.08. The third kappa shape index (κ3) is 5.38. The summed E-state index contributed by atoms with van der Waals surface area (Å²) in [7, 11) is 3.95. The maximum Gasteiger partial charge on any atom is 0.277 e. The van der Waals surface area contributed by atoms with Crippen LogP contribution in [0, 0.1) is 0 Å². The number of pyridine rings is 1. The Morgan fingerprint density at radius 3 is 2.63 bits per heavy atom. The summed E-state index contributed by atoms with van der Waals surface area (Å²) in [5.74, 6) is 0.249. The number of carbonyl (C=O) groups is 1. The fourth-order valence-corrected chi connectivity index (χ4v) is 2.63. The minimum Gasteiger partial charge on any atom is -0.411 e. The van der Waals surface area contributed by atoms with Crippen LogP contribution in [0.1, 0.15) is 5.56 Å². The van der Waals surface area contributed by atoms with Gasteiger partial charge < -0.3 is 9.32 Å². The smallest absolute Gasteiger partial charge is 0.277 e. The van der Waals surface area contributed by atoms with E-state index < -0.39 is 0 Å². The van der Waals surface area contributed by atoms with E-state index in [-0.39, 0.29) is 11.7 Å². The van der Waals surface area contributed by atoms with Crippen molar-refractivity contribution in [3.05, 3.63) is 54.4 Å². The Labute approximate surface area is 160 Å². The molecule has 8 nitrogen and oxygen atoms in total. The average molecular weight is 382 g/mol. The minimum absolute atomic E-state index is 0.120. The van der Waals surface area contributed by atoms with Crippen LogP contribution in [0.4, 0.5) is 5.69 Å². The molecule has 3 aromatic rings. The van der Waals surface area contributed by atoms with E-state index in [0.29, 0.717) is 11.1 Å². The highest BCUT2D eigenvalue weighted by Gasteiger charge is 2.10. The lowest BCUT2D eigenvalue weighted by atomic mass is 10.2. The molecule has 1 amide bonds. The van der Waals surface area contributed by atoms with Crippen LogP contribution in [-0.4, -0.2) is 47.2 Å². The topological polar surface area (TPSA) is 96.5 Å². The zero-order valence-electron chi connectivity index (χ0n) is 14.9. The van der Waals surface area contributed by atoms with Crippen LogP contribution in [0.15, 0.2) is 63.5 Å². The molecule has 2 heterocycles. The molecule has 27 heavy (non-hydrogen) atoms.